The van der Waals surface area contributed by atoms with Crippen LogP contribution in [0.3, 0.4) is 0 Å². The molecule has 0 heterocycles. The molecule has 62 valence electrons. The molecule has 0 aromatic heterocycles. The maximum absolute atomic E-state index is 3.35. The van der Waals surface area contributed by atoms with Gasteiger partial charge in [-0.25, -0.2) is 0 Å². The molecule has 0 aromatic carbocycles. The normalized spacial score (nSPS) is 13.1. The summed E-state index contributed by atoms with van der Waals surface area (Å²) in [6.45, 7) is 7.43. The van der Waals surface area contributed by atoms with E-state index < -0.39 is 0 Å². The van der Waals surface area contributed by atoms with Crippen molar-refractivity contribution in [2.45, 2.75) is 33.2 Å². The number of hydrogen-bond donors (Lipinski definition) is 1. The molecule has 0 rings (SSSR count). The third-order valence-electron chi connectivity index (χ3n) is 1.43. The first kappa shape index (κ1) is 12.6. The molecule has 0 amide bonds. The quantitative estimate of drug-likeness (QED) is 0.628. The van der Waals surface area contributed by atoms with Gasteiger partial charge in [-0.2, -0.15) is 0 Å². The number of allylic oxidation sites excluding steroid dienone is 1. The molecule has 0 aliphatic carbocycles. The fourth-order valence-electron chi connectivity index (χ4n) is 0.531. The zero-order chi connectivity index (χ0) is 7.11. The Kier molecular flexibility index (Phi) is 11.4. The summed E-state index contributed by atoms with van der Waals surface area (Å²) >= 11 is 0. The van der Waals surface area contributed by atoms with Gasteiger partial charge in [0.1, 0.15) is 0 Å². The third kappa shape index (κ3) is 7.99. The summed E-state index contributed by atoms with van der Waals surface area (Å²) in [4.78, 5) is 0. The van der Waals surface area contributed by atoms with E-state index in [1.165, 1.54) is 6.42 Å². The summed E-state index contributed by atoms with van der Waals surface area (Å²) < 4.78 is 0. The van der Waals surface area contributed by atoms with Crippen LogP contribution in [-0.2, 0) is 0 Å². The standard InChI is InChI=1S/C8H17N.ClH/c1-4-6-7-9-8(3)5-2;/h4,6,8-9H,5,7H2,1-3H3;1H. The fraction of sp³-hybridized carbons (Fsp3) is 0.750. The maximum atomic E-state index is 3.35. The molecule has 0 fully saturated rings. The molecule has 0 aromatic rings. The Morgan fingerprint density at radius 3 is 2.50 bits per heavy atom. The summed E-state index contributed by atoms with van der Waals surface area (Å²) in [5.74, 6) is 0. The molecule has 2 heteroatoms. The zero-order valence-corrected chi connectivity index (χ0v) is 7.87. The largest absolute Gasteiger partial charge is 0.311 e. The van der Waals surface area contributed by atoms with E-state index in [2.05, 4.69) is 31.3 Å². The van der Waals surface area contributed by atoms with E-state index in [1.807, 2.05) is 6.92 Å². The first-order chi connectivity index (χ1) is 4.31. The van der Waals surface area contributed by atoms with E-state index in [-0.39, 0.29) is 12.4 Å². The molecule has 0 bridgehead atoms. The predicted molar refractivity (Wildman–Crippen MR) is 49.8 cm³/mol. The van der Waals surface area contributed by atoms with Crippen LogP contribution in [0.4, 0.5) is 0 Å². The van der Waals surface area contributed by atoms with Gasteiger partial charge in [-0.1, -0.05) is 19.1 Å². The van der Waals surface area contributed by atoms with Crippen LogP contribution in [0.2, 0.25) is 0 Å². The topological polar surface area (TPSA) is 12.0 Å². The van der Waals surface area contributed by atoms with Crippen molar-refractivity contribution in [1.29, 1.82) is 0 Å². The number of hydrogen-bond acceptors (Lipinski definition) is 1. The second-order valence-electron chi connectivity index (χ2n) is 2.29. The Hall–Kier alpha value is -0.0100. The van der Waals surface area contributed by atoms with Gasteiger partial charge < -0.3 is 5.32 Å². The van der Waals surface area contributed by atoms with E-state index >= 15 is 0 Å². The molecule has 0 aliphatic heterocycles. The first-order valence-electron chi connectivity index (χ1n) is 3.65. The minimum absolute atomic E-state index is 0. The molecule has 0 radical (unpaired) electrons. The van der Waals surface area contributed by atoms with Crippen LogP contribution in [0.1, 0.15) is 27.2 Å². The maximum Gasteiger partial charge on any atom is 0.0137 e. The van der Waals surface area contributed by atoms with Gasteiger partial charge >= 0.3 is 0 Å². The van der Waals surface area contributed by atoms with Gasteiger partial charge in [0.15, 0.2) is 0 Å². The van der Waals surface area contributed by atoms with Crippen LogP contribution < -0.4 is 5.32 Å². The monoisotopic (exact) mass is 163 g/mol. The van der Waals surface area contributed by atoms with E-state index in [0.29, 0.717) is 6.04 Å². The lowest BCUT2D eigenvalue weighted by molar-refractivity contribution is 0.567. The Morgan fingerprint density at radius 2 is 2.10 bits per heavy atom. The van der Waals surface area contributed by atoms with E-state index in [0.717, 1.165) is 6.54 Å². The molecule has 10 heavy (non-hydrogen) atoms. The zero-order valence-electron chi connectivity index (χ0n) is 7.05. The predicted octanol–water partition coefficient (Wildman–Crippen LogP) is 2.37. The van der Waals surface area contributed by atoms with Crippen molar-refractivity contribution in [1.82, 2.24) is 5.32 Å². The fourth-order valence-corrected chi connectivity index (χ4v) is 0.531. The van der Waals surface area contributed by atoms with E-state index in [9.17, 15) is 0 Å². The highest BCUT2D eigenvalue weighted by Crippen LogP contribution is 1.85. The Bertz CT molecular complexity index is 81.3. The molecule has 1 atom stereocenters. The second kappa shape index (κ2) is 8.99. The molecule has 0 spiro atoms. The molecule has 1 N–H and O–H groups in total. The molecule has 0 aliphatic rings. The smallest absolute Gasteiger partial charge is 0.0137 e. The van der Waals surface area contributed by atoms with E-state index in [4.69, 9.17) is 0 Å². The van der Waals surface area contributed by atoms with Crippen LogP contribution >= 0.6 is 12.4 Å². The van der Waals surface area contributed by atoms with E-state index in [1.54, 1.807) is 0 Å². The molecule has 0 saturated carbocycles. The second-order valence-corrected chi connectivity index (χ2v) is 2.29. The average molecular weight is 164 g/mol. The van der Waals surface area contributed by atoms with Gasteiger partial charge in [0.05, 0.1) is 0 Å². The lowest BCUT2D eigenvalue weighted by atomic mass is 10.2. The highest BCUT2D eigenvalue weighted by atomic mass is 35.5. The van der Waals surface area contributed by atoms with Crippen molar-refractivity contribution >= 4 is 12.4 Å². The third-order valence-corrected chi connectivity index (χ3v) is 1.43. The van der Waals surface area contributed by atoms with Gasteiger partial charge in [-0.05, 0) is 20.3 Å². The summed E-state index contributed by atoms with van der Waals surface area (Å²) in [5, 5.41) is 3.35. The van der Waals surface area contributed by atoms with Gasteiger partial charge in [-0.3, -0.25) is 0 Å². The van der Waals surface area contributed by atoms with Crippen LogP contribution in [0.25, 0.3) is 0 Å². The summed E-state index contributed by atoms with van der Waals surface area (Å²) in [6, 6.07) is 0.654. The number of rotatable bonds is 4. The van der Waals surface area contributed by atoms with Crippen molar-refractivity contribution in [2.24, 2.45) is 0 Å². The first-order valence-corrected chi connectivity index (χ1v) is 3.65. The van der Waals surface area contributed by atoms with Crippen LogP contribution in [0.15, 0.2) is 12.2 Å². The Labute approximate surface area is 70.3 Å². The number of halogens is 1. The SMILES string of the molecule is CC=CCNC(C)CC.Cl. The van der Waals surface area contributed by atoms with Crippen molar-refractivity contribution in [3.8, 4) is 0 Å². The molecule has 1 nitrogen and oxygen atoms in total. The lowest BCUT2D eigenvalue weighted by Gasteiger charge is -2.07. The van der Waals surface area contributed by atoms with Crippen molar-refractivity contribution in [2.75, 3.05) is 6.54 Å². The van der Waals surface area contributed by atoms with Gasteiger partial charge in [-0.15, -0.1) is 12.4 Å². The van der Waals surface area contributed by atoms with Crippen LogP contribution in [0.5, 0.6) is 0 Å². The lowest BCUT2D eigenvalue weighted by Crippen LogP contribution is -2.24. The summed E-state index contributed by atoms with van der Waals surface area (Å²) in [6.07, 6.45) is 5.40. The molecular weight excluding hydrogens is 146 g/mol. The van der Waals surface area contributed by atoms with Gasteiger partial charge in [0.2, 0.25) is 0 Å². The van der Waals surface area contributed by atoms with Crippen LogP contribution in [-0.4, -0.2) is 12.6 Å². The summed E-state index contributed by atoms with van der Waals surface area (Å²) in [7, 11) is 0. The highest BCUT2D eigenvalue weighted by molar-refractivity contribution is 5.85. The minimum atomic E-state index is 0. The highest BCUT2D eigenvalue weighted by Gasteiger charge is 1.91. The minimum Gasteiger partial charge on any atom is -0.311 e. The van der Waals surface area contributed by atoms with Crippen molar-refractivity contribution in [3.63, 3.8) is 0 Å². The Morgan fingerprint density at radius 1 is 1.50 bits per heavy atom. The van der Waals surface area contributed by atoms with Crippen molar-refractivity contribution < 1.29 is 0 Å². The van der Waals surface area contributed by atoms with Crippen LogP contribution in [0, 0.1) is 0 Å². The number of nitrogens with one attached hydrogen (secondary N) is 1. The molecular formula is C8H18ClN. The Balaban J connectivity index is 0. The van der Waals surface area contributed by atoms with Gasteiger partial charge in [0.25, 0.3) is 0 Å². The molecule has 0 saturated heterocycles. The average Bonchev–Trinajstić information content (AvgIpc) is 1.89. The van der Waals surface area contributed by atoms with Gasteiger partial charge in [0, 0.05) is 12.6 Å². The molecule has 1 unspecified atom stereocenters. The van der Waals surface area contributed by atoms with Crippen molar-refractivity contribution in [3.05, 3.63) is 12.2 Å². The summed E-state index contributed by atoms with van der Waals surface area (Å²) in [5.41, 5.74) is 0.